The highest BCUT2D eigenvalue weighted by Gasteiger charge is 2.30. The zero-order valence-corrected chi connectivity index (χ0v) is 16.0. The molecule has 0 atom stereocenters. The van der Waals surface area contributed by atoms with E-state index in [1.54, 1.807) is 13.4 Å². The SMILES string of the molecule is COc1ccc2c(c1)-c1nn(C)cc1Cc1c(-c3nc(C4COC4)no3)ncn1-2. The average molecular weight is 390 g/mol. The van der Waals surface area contributed by atoms with Crippen LogP contribution in [-0.4, -0.2) is 49.8 Å². The third-order valence-corrected chi connectivity index (χ3v) is 5.49. The second kappa shape index (κ2) is 6.02. The Morgan fingerprint density at radius 3 is 2.90 bits per heavy atom. The number of ether oxygens (including phenoxy) is 2. The van der Waals surface area contributed by atoms with Crippen molar-refractivity contribution in [2.24, 2.45) is 7.05 Å². The first kappa shape index (κ1) is 16.5. The van der Waals surface area contributed by atoms with Crippen molar-refractivity contribution in [3.8, 4) is 34.3 Å². The number of fused-ring (bicyclic) bond motifs is 5. The summed E-state index contributed by atoms with van der Waals surface area (Å²) in [6.45, 7) is 1.27. The van der Waals surface area contributed by atoms with Gasteiger partial charge in [-0.3, -0.25) is 4.68 Å². The van der Waals surface area contributed by atoms with Crippen LogP contribution >= 0.6 is 0 Å². The molecule has 0 saturated carbocycles. The molecule has 0 spiro atoms. The van der Waals surface area contributed by atoms with Crippen molar-refractivity contribution in [2.75, 3.05) is 20.3 Å². The Labute approximate surface area is 165 Å². The minimum atomic E-state index is 0.201. The molecule has 29 heavy (non-hydrogen) atoms. The molecule has 1 fully saturated rings. The Morgan fingerprint density at radius 1 is 1.21 bits per heavy atom. The fraction of sp³-hybridized carbons (Fsp3) is 0.300. The second-order valence-corrected chi connectivity index (χ2v) is 7.34. The Morgan fingerprint density at radius 2 is 2.10 bits per heavy atom. The molecule has 2 aliphatic heterocycles. The van der Waals surface area contributed by atoms with Gasteiger partial charge in [-0.15, -0.1) is 0 Å². The van der Waals surface area contributed by atoms with Crippen LogP contribution in [0, 0.1) is 0 Å². The highest BCUT2D eigenvalue weighted by molar-refractivity contribution is 5.77. The highest BCUT2D eigenvalue weighted by atomic mass is 16.5. The first-order valence-electron chi connectivity index (χ1n) is 9.40. The van der Waals surface area contributed by atoms with Crippen molar-refractivity contribution in [1.29, 1.82) is 0 Å². The zero-order chi connectivity index (χ0) is 19.5. The van der Waals surface area contributed by atoms with E-state index in [4.69, 9.17) is 19.1 Å². The van der Waals surface area contributed by atoms with E-state index in [2.05, 4.69) is 19.7 Å². The van der Waals surface area contributed by atoms with Gasteiger partial charge in [-0.05, 0) is 18.2 Å². The van der Waals surface area contributed by atoms with E-state index in [1.165, 1.54) is 0 Å². The van der Waals surface area contributed by atoms with Gasteiger partial charge in [0.25, 0.3) is 5.89 Å². The quantitative estimate of drug-likeness (QED) is 0.467. The van der Waals surface area contributed by atoms with Crippen LogP contribution in [0.25, 0.3) is 28.5 Å². The summed E-state index contributed by atoms with van der Waals surface area (Å²) in [6.07, 6.45) is 4.49. The molecule has 1 aromatic carbocycles. The van der Waals surface area contributed by atoms with Crippen LogP contribution in [-0.2, 0) is 18.2 Å². The molecule has 0 aliphatic carbocycles. The molecule has 9 nitrogen and oxygen atoms in total. The maximum absolute atomic E-state index is 5.56. The van der Waals surface area contributed by atoms with Gasteiger partial charge in [0.1, 0.15) is 12.1 Å². The van der Waals surface area contributed by atoms with Crippen molar-refractivity contribution in [3.05, 3.63) is 47.8 Å². The summed E-state index contributed by atoms with van der Waals surface area (Å²) in [4.78, 5) is 9.21. The molecule has 0 unspecified atom stereocenters. The number of nitrogens with zero attached hydrogens (tertiary/aromatic N) is 6. The Hall–Kier alpha value is -3.46. The molecule has 2 aliphatic rings. The van der Waals surface area contributed by atoms with Gasteiger partial charge < -0.3 is 18.6 Å². The maximum atomic E-state index is 5.56. The Balaban J connectivity index is 1.53. The number of aromatic nitrogens is 6. The topological polar surface area (TPSA) is 93.0 Å². The van der Waals surface area contributed by atoms with Crippen LogP contribution in [0.2, 0.25) is 0 Å². The first-order chi connectivity index (χ1) is 14.2. The molecule has 9 heteroatoms. The average Bonchev–Trinajstić information content (AvgIpc) is 3.38. The Bertz CT molecular complexity index is 1230. The fourth-order valence-corrected chi connectivity index (χ4v) is 3.93. The van der Waals surface area contributed by atoms with Crippen LogP contribution in [0.4, 0.5) is 0 Å². The van der Waals surface area contributed by atoms with Gasteiger partial charge >= 0.3 is 0 Å². The van der Waals surface area contributed by atoms with Crippen LogP contribution in [0.15, 0.2) is 35.2 Å². The lowest BCUT2D eigenvalue weighted by atomic mass is 10.0. The van der Waals surface area contributed by atoms with Crippen LogP contribution < -0.4 is 4.74 Å². The van der Waals surface area contributed by atoms with Gasteiger partial charge in [-0.25, -0.2) is 4.98 Å². The second-order valence-electron chi connectivity index (χ2n) is 7.34. The molecule has 0 amide bonds. The zero-order valence-electron chi connectivity index (χ0n) is 16.0. The van der Waals surface area contributed by atoms with Crippen molar-refractivity contribution < 1.29 is 14.0 Å². The largest absolute Gasteiger partial charge is 0.497 e. The highest BCUT2D eigenvalue weighted by Crippen LogP contribution is 2.39. The van der Waals surface area contributed by atoms with Gasteiger partial charge in [0.05, 0.1) is 43.3 Å². The summed E-state index contributed by atoms with van der Waals surface area (Å²) in [6, 6.07) is 5.98. The summed E-state index contributed by atoms with van der Waals surface area (Å²) in [5, 5.41) is 8.83. The number of rotatable bonds is 3. The van der Waals surface area contributed by atoms with E-state index in [1.807, 2.05) is 36.1 Å². The number of hydrogen-bond acceptors (Lipinski definition) is 7. The van der Waals surface area contributed by atoms with E-state index in [9.17, 15) is 0 Å². The van der Waals surface area contributed by atoms with Gasteiger partial charge in [-0.1, -0.05) is 5.16 Å². The minimum absolute atomic E-state index is 0.201. The summed E-state index contributed by atoms with van der Waals surface area (Å²) >= 11 is 0. The predicted octanol–water partition coefficient (Wildman–Crippen LogP) is 2.35. The molecule has 0 radical (unpaired) electrons. The molecule has 5 heterocycles. The molecule has 4 aromatic rings. The van der Waals surface area contributed by atoms with Gasteiger partial charge in [0.15, 0.2) is 11.5 Å². The molecule has 6 rings (SSSR count). The minimum Gasteiger partial charge on any atom is -0.497 e. The number of hydrogen-bond donors (Lipinski definition) is 0. The van der Waals surface area contributed by atoms with Gasteiger partial charge in [0, 0.05) is 30.8 Å². The van der Waals surface area contributed by atoms with E-state index in [0.29, 0.717) is 37.0 Å². The molecule has 0 N–H and O–H groups in total. The van der Waals surface area contributed by atoms with Crippen molar-refractivity contribution in [2.45, 2.75) is 12.3 Å². The standard InChI is InChI=1S/C20H18N6O3/c1-25-7-11-5-16-18(20-22-19(24-29-20)12-8-28-9-12)21-10-26(16)15-4-3-13(27-2)6-14(15)17(11)23-25/h3-4,6-7,10,12H,5,8-9H2,1-2H3. The summed E-state index contributed by atoms with van der Waals surface area (Å²) in [5.41, 5.74) is 5.72. The Kier molecular flexibility index (Phi) is 3.42. The third kappa shape index (κ3) is 2.44. The van der Waals surface area contributed by atoms with Crippen LogP contribution in [0.3, 0.4) is 0 Å². The smallest absolute Gasteiger partial charge is 0.278 e. The maximum Gasteiger partial charge on any atom is 0.278 e. The molecule has 0 bridgehead atoms. The lowest BCUT2D eigenvalue weighted by Crippen LogP contribution is -2.26. The lowest BCUT2D eigenvalue weighted by molar-refractivity contribution is 0.00403. The van der Waals surface area contributed by atoms with E-state index in [0.717, 1.165) is 34.0 Å². The molecular weight excluding hydrogens is 372 g/mol. The predicted molar refractivity (Wildman–Crippen MR) is 102 cm³/mol. The summed E-state index contributed by atoms with van der Waals surface area (Å²) < 4.78 is 20.1. The third-order valence-electron chi connectivity index (χ3n) is 5.49. The van der Waals surface area contributed by atoms with Crippen LogP contribution in [0.1, 0.15) is 23.0 Å². The van der Waals surface area contributed by atoms with Crippen molar-refractivity contribution >= 4 is 0 Å². The number of imidazole rings is 1. The monoisotopic (exact) mass is 390 g/mol. The lowest BCUT2D eigenvalue weighted by Gasteiger charge is -2.21. The van der Waals surface area contributed by atoms with Crippen molar-refractivity contribution in [3.63, 3.8) is 0 Å². The first-order valence-corrected chi connectivity index (χ1v) is 9.40. The number of benzene rings is 1. The molecular formula is C20H18N6O3. The van der Waals surface area contributed by atoms with Gasteiger partial charge in [0.2, 0.25) is 0 Å². The van der Waals surface area contributed by atoms with E-state index in [-0.39, 0.29) is 5.92 Å². The fourth-order valence-electron chi connectivity index (χ4n) is 3.93. The van der Waals surface area contributed by atoms with E-state index < -0.39 is 0 Å². The summed E-state index contributed by atoms with van der Waals surface area (Å²) in [5.74, 6) is 2.09. The summed E-state index contributed by atoms with van der Waals surface area (Å²) in [7, 11) is 3.59. The van der Waals surface area contributed by atoms with Crippen molar-refractivity contribution in [1.82, 2.24) is 29.5 Å². The number of methoxy groups -OCH3 is 1. The molecule has 1 saturated heterocycles. The number of aryl methyl sites for hydroxylation is 1. The van der Waals surface area contributed by atoms with E-state index >= 15 is 0 Å². The van der Waals surface area contributed by atoms with Gasteiger partial charge in [-0.2, -0.15) is 10.1 Å². The molecule has 3 aromatic heterocycles. The normalized spacial score (nSPS) is 15.2. The molecule has 146 valence electrons. The van der Waals surface area contributed by atoms with Crippen LogP contribution in [0.5, 0.6) is 5.75 Å².